The fourth-order valence-electron chi connectivity index (χ4n) is 1.70. The van der Waals surface area contributed by atoms with Crippen LogP contribution in [0.3, 0.4) is 0 Å². The van der Waals surface area contributed by atoms with Crippen molar-refractivity contribution in [1.29, 1.82) is 0 Å². The number of benzene rings is 1. The molecule has 4 nitrogen and oxygen atoms in total. The van der Waals surface area contributed by atoms with Gasteiger partial charge in [-0.25, -0.2) is 4.79 Å². The molecule has 0 amide bonds. The van der Waals surface area contributed by atoms with Crippen LogP contribution < -0.4 is 4.74 Å². The summed E-state index contributed by atoms with van der Waals surface area (Å²) >= 11 is 5.90. The van der Waals surface area contributed by atoms with E-state index in [0.29, 0.717) is 28.9 Å². The lowest BCUT2D eigenvalue weighted by atomic mass is 10.1. The van der Waals surface area contributed by atoms with Gasteiger partial charge in [0.25, 0.3) is 0 Å². The molecule has 0 spiro atoms. The molecular formula is C14H17ClO4. The van der Waals surface area contributed by atoms with Crippen molar-refractivity contribution in [3.05, 3.63) is 28.8 Å². The second-order valence-electron chi connectivity index (χ2n) is 4.59. The zero-order chi connectivity index (χ0) is 13.8. The summed E-state index contributed by atoms with van der Waals surface area (Å²) in [6.45, 7) is 2.51. The average molecular weight is 285 g/mol. The highest BCUT2D eigenvalue weighted by Gasteiger charge is 2.26. The molecule has 0 aromatic heterocycles. The smallest absolute Gasteiger partial charge is 0.339 e. The highest BCUT2D eigenvalue weighted by atomic mass is 35.5. The molecule has 1 aromatic carbocycles. The van der Waals surface area contributed by atoms with E-state index in [0.717, 1.165) is 0 Å². The molecule has 5 heteroatoms. The van der Waals surface area contributed by atoms with Gasteiger partial charge in [0.15, 0.2) is 6.10 Å². The Morgan fingerprint density at radius 3 is 2.89 bits per heavy atom. The number of carbonyl (C=O) groups is 1. The van der Waals surface area contributed by atoms with Gasteiger partial charge >= 0.3 is 5.97 Å². The highest BCUT2D eigenvalue weighted by Crippen LogP contribution is 2.33. The molecule has 0 aliphatic heterocycles. The van der Waals surface area contributed by atoms with Crippen LogP contribution >= 0.6 is 11.6 Å². The van der Waals surface area contributed by atoms with Gasteiger partial charge in [0, 0.05) is 10.6 Å². The van der Waals surface area contributed by atoms with E-state index in [2.05, 4.69) is 0 Å². The van der Waals surface area contributed by atoms with Gasteiger partial charge in [-0.1, -0.05) is 11.6 Å². The van der Waals surface area contributed by atoms with Gasteiger partial charge in [0.05, 0.1) is 13.2 Å². The molecule has 19 heavy (non-hydrogen) atoms. The maximum Gasteiger partial charge on any atom is 0.339 e. The van der Waals surface area contributed by atoms with E-state index < -0.39 is 12.1 Å². The number of rotatable bonds is 6. The molecule has 1 aliphatic carbocycles. The Morgan fingerprint density at radius 2 is 2.26 bits per heavy atom. The third kappa shape index (κ3) is 3.85. The van der Waals surface area contributed by atoms with Crippen molar-refractivity contribution in [2.45, 2.75) is 25.9 Å². The molecule has 1 unspecified atom stereocenters. The van der Waals surface area contributed by atoms with Gasteiger partial charge in [-0.2, -0.15) is 0 Å². The lowest BCUT2D eigenvalue weighted by Crippen LogP contribution is -2.16. The Balaban J connectivity index is 2.14. The summed E-state index contributed by atoms with van der Waals surface area (Å²) in [4.78, 5) is 11.6. The van der Waals surface area contributed by atoms with E-state index in [1.165, 1.54) is 18.9 Å². The van der Waals surface area contributed by atoms with E-state index in [1.807, 2.05) is 0 Å². The number of aliphatic hydroxyl groups excluding tert-OH is 1. The van der Waals surface area contributed by atoms with Gasteiger partial charge in [-0.3, -0.25) is 0 Å². The highest BCUT2D eigenvalue weighted by molar-refractivity contribution is 6.30. The van der Waals surface area contributed by atoms with Crippen LogP contribution in [0.25, 0.3) is 0 Å². The van der Waals surface area contributed by atoms with Crippen molar-refractivity contribution in [2.75, 3.05) is 13.2 Å². The normalized spacial score (nSPS) is 15.9. The lowest BCUT2D eigenvalue weighted by Gasteiger charge is -2.15. The van der Waals surface area contributed by atoms with Crippen LogP contribution in [0.5, 0.6) is 5.75 Å². The van der Waals surface area contributed by atoms with Gasteiger partial charge in [0.1, 0.15) is 5.75 Å². The predicted molar refractivity (Wildman–Crippen MR) is 71.3 cm³/mol. The number of hydrogen-bond acceptors (Lipinski definition) is 4. The fraction of sp³-hybridized carbons (Fsp3) is 0.500. The number of halogens is 1. The zero-order valence-electron chi connectivity index (χ0n) is 10.8. The van der Waals surface area contributed by atoms with Crippen LogP contribution in [-0.4, -0.2) is 24.3 Å². The van der Waals surface area contributed by atoms with Crippen molar-refractivity contribution in [2.24, 2.45) is 5.92 Å². The van der Waals surface area contributed by atoms with Gasteiger partial charge < -0.3 is 14.6 Å². The van der Waals surface area contributed by atoms with E-state index in [4.69, 9.17) is 21.1 Å². The van der Waals surface area contributed by atoms with E-state index in [9.17, 15) is 9.90 Å². The van der Waals surface area contributed by atoms with Crippen molar-refractivity contribution in [3.63, 3.8) is 0 Å². The van der Waals surface area contributed by atoms with Gasteiger partial charge in [-0.05, 0) is 43.9 Å². The summed E-state index contributed by atoms with van der Waals surface area (Å²) in [6.07, 6.45) is 0.972. The first-order valence-electron chi connectivity index (χ1n) is 6.38. The minimum Gasteiger partial charge on any atom is -0.493 e. The van der Waals surface area contributed by atoms with Crippen LogP contribution in [0.4, 0.5) is 0 Å². The predicted octanol–water partition coefficient (Wildman–Crippen LogP) is 2.73. The summed E-state index contributed by atoms with van der Waals surface area (Å²) in [5, 5.41) is 10.4. The Morgan fingerprint density at radius 1 is 1.53 bits per heavy atom. The summed E-state index contributed by atoms with van der Waals surface area (Å²) in [7, 11) is 0. The zero-order valence-corrected chi connectivity index (χ0v) is 11.5. The van der Waals surface area contributed by atoms with Crippen LogP contribution in [-0.2, 0) is 9.53 Å². The number of carbonyl (C=O) groups excluding carboxylic acids is 1. The fourth-order valence-corrected chi connectivity index (χ4v) is 1.89. The summed E-state index contributed by atoms with van der Waals surface area (Å²) in [5.74, 6) is 0.376. The van der Waals surface area contributed by atoms with Gasteiger partial charge in [-0.15, -0.1) is 0 Å². The first kappa shape index (κ1) is 14.2. The molecule has 0 saturated heterocycles. The minimum atomic E-state index is -1.37. The molecule has 0 bridgehead atoms. The SMILES string of the molecule is CCOC(=O)C(O)c1cc(Cl)ccc1OCC1CC1. The molecule has 1 saturated carbocycles. The van der Waals surface area contributed by atoms with Crippen LogP contribution in [0.15, 0.2) is 18.2 Å². The second kappa shape index (κ2) is 6.26. The topological polar surface area (TPSA) is 55.8 Å². The monoisotopic (exact) mass is 284 g/mol. The van der Waals surface area contributed by atoms with Crippen LogP contribution in [0, 0.1) is 5.92 Å². The third-order valence-corrected chi connectivity index (χ3v) is 3.18. The molecule has 1 N–H and O–H groups in total. The number of aliphatic hydroxyl groups is 1. The third-order valence-electron chi connectivity index (χ3n) is 2.95. The van der Waals surface area contributed by atoms with Crippen LogP contribution in [0.2, 0.25) is 5.02 Å². The Kier molecular flexibility index (Phi) is 4.66. The summed E-state index contributed by atoms with van der Waals surface area (Å²) in [5.41, 5.74) is 0.353. The van der Waals surface area contributed by atoms with Crippen molar-refractivity contribution >= 4 is 17.6 Å². The van der Waals surface area contributed by atoms with E-state index in [1.54, 1.807) is 19.1 Å². The Labute approximate surface area is 117 Å². The van der Waals surface area contributed by atoms with Crippen LogP contribution in [0.1, 0.15) is 31.4 Å². The summed E-state index contributed by atoms with van der Waals surface area (Å²) in [6, 6.07) is 4.87. The molecule has 0 radical (unpaired) electrons. The van der Waals surface area contributed by atoms with E-state index in [-0.39, 0.29) is 6.61 Å². The average Bonchev–Trinajstić information content (AvgIpc) is 3.20. The molecule has 1 fully saturated rings. The largest absolute Gasteiger partial charge is 0.493 e. The quantitative estimate of drug-likeness (QED) is 0.816. The molecule has 1 atom stereocenters. The van der Waals surface area contributed by atoms with Crippen molar-refractivity contribution in [3.8, 4) is 5.75 Å². The maximum absolute atomic E-state index is 11.6. The first-order valence-corrected chi connectivity index (χ1v) is 6.76. The first-order chi connectivity index (χ1) is 9.11. The van der Waals surface area contributed by atoms with E-state index >= 15 is 0 Å². The molecule has 1 aliphatic rings. The minimum absolute atomic E-state index is 0.217. The summed E-state index contributed by atoms with van der Waals surface area (Å²) < 4.78 is 10.4. The van der Waals surface area contributed by atoms with Crippen molar-refractivity contribution < 1.29 is 19.4 Å². The van der Waals surface area contributed by atoms with Gasteiger partial charge in [0.2, 0.25) is 0 Å². The molecule has 104 valence electrons. The maximum atomic E-state index is 11.6. The number of hydrogen-bond donors (Lipinski definition) is 1. The number of esters is 1. The lowest BCUT2D eigenvalue weighted by molar-refractivity contribution is -0.153. The molecule has 0 heterocycles. The standard InChI is InChI=1S/C14H17ClO4/c1-2-18-14(17)13(16)11-7-10(15)5-6-12(11)19-8-9-3-4-9/h5-7,9,13,16H,2-4,8H2,1H3. The Bertz CT molecular complexity index is 457. The molecular weight excluding hydrogens is 268 g/mol. The molecule has 2 rings (SSSR count). The second-order valence-corrected chi connectivity index (χ2v) is 5.03. The molecule has 1 aromatic rings. The Hall–Kier alpha value is -1.26. The van der Waals surface area contributed by atoms with Crippen molar-refractivity contribution in [1.82, 2.24) is 0 Å². The number of ether oxygens (including phenoxy) is 2.